The van der Waals surface area contributed by atoms with E-state index in [0.717, 1.165) is 0 Å². The molecular weight excluding hydrogens is 612 g/mol. The van der Waals surface area contributed by atoms with Crippen LogP contribution in [-0.2, 0) is 26.7 Å². The Morgan fingerprint density at radius 2 is 1.85 bits per heavy atom. The van der Waals surface area contributed by atoms with Gasteiger partial charge in [-0.15, -0.1) is 0 Å². The number of methoxy groups -OCH3 is 1. The quantitative estimate of drug-likeness (QED) is 0.123. The van der Waals surface area contributed by atoms with Gasteiger partial charge in [-0.25, -0.2) is 18.6 Å². The number of anilines is 1. The maximum Gasteiger partial charge on any atom is 0.340 e. The second kappa shape index (κ2) is 14.3. The summed E-state index contributed by atoms with van der Waals surface area (Å²) in [5.41, 5.74) is 0.0308. The van der Waals surface area contributed by atoms with Crippen molar-refractivity contribution in [3.05, 3.63) is 93.5 Å². The third kappa shape index (κ3) is 7.62. The highest BCUT2D eigenvalue weighted by Crippen LogP contribution is 2.30. The van der Waals surface area contributed by atoms with Gasteiger partial charge in [-0.1, -0.05) is 41.9 Å². The summed E-state index contributed by atoms with van der Waals surface area (Å²) in [4.78, 5) is 16.8. The highest BCUT2D eigenvalue weighted by Gasteiger charge is 2.20. The monoisotopic (exact) mass is 639 g/mol. The summed E-state index contributed by atoms with van der Waals surface area (Å²) in [7, 11) is -2.62. The zero-order valence-electron chi connectivity index (χ0n) is 22.0. The van der Waals surface area contributed by atoms with Gasteiger partial charge in [0.2, 0.25) is 0 Å². The van der Waals surface area contributed by atoms with Gasteiger partial charge in [-0.2, -0.15) is 13.1 Å². The molecule has 2 N–H and O–H groups in total. The van der Waals surface area contributed by atoms with Gasteiger partial charge in [0.15, 0.2) is 11.6 Å². The minimum Gasteiger partial charge on any atom is -0.436 e. The fourth-order valence-corrected chi connectivity index (χ4v) is 5.19. The summed E-state index contributed by atoms with van der Waals surface area (Å²) in [6.45, 7) is 4.15. The van der Waals surface area contributed by atoms with Crippen molar-refractivity contribution < 1.29 is 31.1 Å². The summed E-state index contributed by atoms with van der Waals surface area (Å²) < 4.78 is 73.8. The Morgan fingerprint density at radius 1 is 1.07 bits per heavy atom. The molecule has 9 nitrogen and oxygen atoms in total. The smallest absolute Gasteiger partial charge is 0.340 e. The summed E-state index contributed by atoms with van der Waals surface area (Å²) in [5, 5.41) is 0.807. The van der Waals surface area contributed by atoms with Crippen LogP contribution in [-0.4, -0.2) is 33.7 Å². The molecule has 0 amide bonds. The van der Waals surface area contributed by atoms with Gasteiger partial charge in [0.25, 0.3) is 16.1 Å². The molecule has 2 heterocycles. The van der Waals surface area contributed by atoms with E-state index < -0.39 is 27.5 Å². The summed E-state index contributed by atoms with van der Waals surface area (Å²) in [6.07, 6.45) is 1.22. The zero-order chi connectivity index (χ0) is 29.3. The van der Waals surface area contributed by atoms with Crippen LogP contribution < -0.4 is 19.8 Å². The molecule has 40 heavy (non-hydrogen) atoms. The first-order chi connectivity index (χ1) is 19.2. The Hall–Kier alpha value is -3.39. The lowest BCUT2D eigenvalue weighted by molar-refractivity contribution is 0.204. The van der Waals surface area contributed by atoms with Gasteiger partial charge in [0.1, 0.15) is 11.3 Å². The number of rotatable bonds is 11. The zero-order valence-corrected chi connectivity index (χ0v) is 24.4. The van der Waals surface area contributed by atoms with Gasteiger partial charge < -0.3 is 13.9 Å². The second-order valence-electron chi connectivity index (χ2n) is 7.98. The number of nitrogens with one attached hydrogen (secondary N) is 2. The predicted molar refractivity (Wildman–Crippen MR) is 152 cm³/mol. The molecule has 0 saturated heterocycles. The first-order valence-electron chi connectivity index (χ1n) is 12.2. The number of fused-ring (bicyclic) bond motifs is 1. The van der Waals surface area contributed by atoms with E-state index in [1.165, 1.54) is 49.7 Å². The molecule has 0 radical (unpaired) electrons. The first-order valence-corrected chi connectivity index (χ1v) is 14.8. The fourth-order valence-electron chi connectivity index (χ4n) is 3.68. The van der Waals surface area contributed by atoms with Crippen LogP contribution in [0.4, 0.5) is 14.5 Å². The Kier molecular flexibility index (Phi) is 11.1. The van der Waals surface area contributed by atoms with Gasteiger partial charge in [0.05, 0.1) is 12.3 Å². The average Bonchev–Trinajstić information content (AvgIpc) is 2.93. The third-order valence-electron chi connectivity index (χ3n) is 5.45. The van der Waals surface area contributed by atoms with Crippen LogP contribution in [0.1, 0.15) is 30.5 Å². The minimum atomic E-state index is -4.05. The average molecular weight is 641 g/mol. The van der Waals surface area contributed by atoms with Crippen molar-refractivity contribution in [3.63, 3.8) is 0 Å². The van der Waals surface area contributed by atoms with Crippen molar-refractivity contribution in [2.75, 3.05) is 25.0 Å². The van der Waals surface area contributed by atoms with E-state index in [0.29, 0.717) is 10.9 Å². The van der Waals surface area contributed by atoms with Crippen molar-refractivity contribution in [3.8, 4) is 11.6 Å². The van der Waals surface area contributed by atoms with Crippen molar-refractivity contribution >= 4 is 42.8 Å². The summed E-state index contributed by atoms with van der Waals surface area (Å²) in [6, 6.07) is 11.5. The standard InChI is InChI=1S/C25H22BrF2N3O6S.C2H6/c1-35-11-10-30-38(33,34)31-21-6-2-4-15(23(21)28)12-18-19(14-26)17-8-7-16(13-22(17)37-25(18)32)36-24-20(27)5-3-9-29-24;1-2/h2-9,13,30-31H,10-12,14H2,1H3;1-2H3. The molecule has 0 bridgehead atoms. The molecule has 0 saturated carbocycles. The van der Waals surface area contributed by atoms with Crippen LogP contribution >= 0.6 is 15.9 Å². The highest BCUT2D eigenvalue weighted by atomic mass is 79.9. The number of aromatic nitrogens is 1. The molecule has 2 aromatic carbocycles. The molecule has 0 aliphatic carbocycles. The minimum absolute atomic E-state index is 0.00342. The van der Waals surface area contributed by atoms with Crippen molar-refractivity contribution in [2.45, 2.75) is 25.6 Å². The summed E-state index contributed by atoms with van der Waals surface area (Å²) in [5.74, 6) is -1.50. The molecule has 0 fully saturated rings. The maximum atomic E-state index is 15.3. The molecule has 0 aliphatic heterocycles. The van der Waals surface area contributed by atoms with Crippen LogP contribution in [0.2, 0.25) is 0 Å². The van der Waals surface area contributed by atoms with Crippen LogP contribution in [0, 0.1) is 11.6 Å². The molecular formula is C27H28BrF2N3O6S. The second-order valence-corrected chi connectivity index (χ2v) is 10.0. The number of nitrogens with zero attached hydrogens (tertiary/aromatic N) is 1. The van der Waals surface area contributed by atoms with Crippen LogP contribution in [0.5, 0.6) is 11.6 Å². The van der Waals surface area contributed by atoms with Crippen LogP contribution in [0.15, 0.2) is 63.9 Å². The predicted octanol–water partition coefficient (Wildman–Crippen LogP) is 5.66. The van der Waals surface area contributed by atoms with E-state index in [1.807, 2.05) is 13.8 Å². The number of pyridine rings is 1. The molecule has 2 aromatic heterocycles. The lowest BCUT2D eigenvalue weighted by Crippen LogP contribution is -2.33. The lowest BCUT2D eigenvalue weighted by atomic mass is 9.99. The Labute approximate surface area is 238 Å². The number of ether oxygens (including phenoxy) is 2. The van der Waals surface area contributed by atoms with Gasteiger partial charge in [-0.05, 0) is 41.5 Å². The topological polar surface area (TPSA) is 120 Å². The van der Waals surface area contributed by atoms with E-state index >= 15 is 4.39 Å². The van der Waals surface area contributed by atoms with E-state index in [9.17, 15) is 17.6 Å². The molecule has 214 valence electrons. The number of halogens is 3. The third-order valence-corrected chi connectivity index (χ3v) is 7.09. The maximum absolute atomic E-state index is 15.3. The molecule has 0 atom stereocenters. The fraction of sp³-hybridized carbons (Fsp3) is 0.259. The molecule has 4 rings (SSSR count). The number of benzene rings is 2. The molecule has 0 aliphatic rings. The normalized spacial score (nSPS) is 11.2. The Bertz CT molecular complexity index is 1630. The molecule has 0 unspecified atom stereocenters. The van der Waals surface area contributed by atoms with Crippen molar-refractivity contribution in [1.82, 2.24) is 9.71 Å². The summed E-state index contributed by atoms with van der Waals surface area (Å²) >= 11 is 3.39. The largest absolute Gasteiger partial charge is 0.436 e. The molecule has 13 heteroatoms. The first kappa shape index (κ1) is 31.1. The number of hydrogen-bond acceptors (Lipinski definition) is 7. The number of alkyl halides is 1. The number of hydrogen-bond donors (Lipinski definition) is 2. The Balaban J connectivity index is 0.00000216. The van der Waals surface area contributed by atoms with Gasteiger partial charge in [-0.3, -0.25) is 4.72 Å². The lowest BCUT2D eigenvalue weighted by Gasteiger charge is -2.14. The van der Waals surface area contributed by atoms with Crippen LogP contribution in [0.25, 0.3) is 11.0 Å². The van der Waals surface area contributed by atoms with Crippen molar-refractivity contribution in [2.24, 2.45) is 0 Å². The van der Waals surface area contributed by atoms with Crippen molar-refractivity contribution in [1.29, 1.82) is 0 Å². The SMILES string of the molecule is CC.COCCNS(=O)(=O)Nc1cccc(Cc2c(CBr)c3ccc(Oc4ncccc4F)cc3oc2=O)c1F. The molecule has 0 spiro atoms. The van der Waals surface area contributed by atoms with Gasteiger partial charge in [0, 0.05) is 48.6 Å². The van der Waals surface area contributed by atoms with E-state index in [-0.39, 0.29) is 58.9 Å². The van der Waals surface area contributed by atoms with E-state index in [1.54, 1.807) is 12.1 Å². The van der Waals surface area contributed by atoms with E-state index in [2.05, 4.69) is 30.4 Å². The highest BCUT2D eigenvalue weighted by molar-refractivity contribution is 9.08. The Morgan fingerprint density at radius 3 is 2.55 bits per heavy atom. The molecule has 4 aromatic rings. The van der Waals surface area contributed by atoms with Gasteiger partial charge >= 0.3 is 5.63 Å². The van der Waals surface area contributed by atoms with Crippen LogP contribution in [0.3, 0.4) is 0 Å². The van der Waals surface area contributed by atoms with E-state index in [4.69, 9.17) is 13.9 Å².